The van der Waals surface area contributed by atoms with Crippen molar-refractivity contribution in [1.82, 2.24) is 0 Å². The van der Waals surface area contributed by atoms with Crippen molar-refractivity contribution in [1.29, 1.82) is 0 Å². The number of thioether (sulfide) groups is 1. The summed E-state index contributed by atoms with van der Waals surface area (Å²) < 4.78 is 34.5. The second-order valence-corrected chi connectivity index (χ2v) is 7.37. The fourth-order valence-corrected chi connectivity index (χ4v) is 3.96. The summed E-state index contributed by atoms with van der Waals surface area (Å²) in [6, 6.07) is 12.0. The van der Waals surface area contributed by atoms with Crippen molar-refractivity contribution < 1.29 is 23.0 Å². The first kappa shape index (κ1) is 18.5. The van der Waals surface area contributed by atoms with E-state index in [1.54, 1.807) is 16.7 Å². The van der Waals surface area contributed by atoms with E-state index in [4.69, 9.17) is 4.74 Å². The van der Waals surface area contributed by atoms with Crippen LogP contribution in [0.1, 0.15) is 23.7 Å². The highest BCUT2D eigenvalue weighted by atomic mass is 32.2. The Morgan fingerprint density at radius 3 is 2.73 bits per heavy atom. The molecule has 0 bridgehead atoms. The molecule has 2 aromatic carbocycles. The minimum absolute atomic E-state index is 0.0977. The molecule has 1 heterocycles. The van der Waals surface area contributed by atoms with Crippen molar-refractivity contribution in [2.75, 3.05) is 18.6 Å². The number of halogens is 2. The molecule has 0 N–H and O–H groups in total. The summed E-state index contributed by atoms with van der Waals surface area (Å²) in [5.41, 5.74) is 1.22. The van der Waals surface area contributed by atoms with Crippen molar-refractivity contribution in [2.45, 2.75) is 30.1 Å². The van der Waals surface area contributed by atoms with Crippen LogP contribution in [0.4, 0.5) is 14.5 Å². The zero-order valence-electron chi connectivity index (χ0n) is 14.4. The van der Waals surface area contributed by atoms with Crippen LogP contribution in [0, 0.1) is 0 Å². The number of nitrogens with zero attached hydrogens (tertiary/aromatic N) is 1. The highest BCUT2D eigenvalue weighted by Crippen LogP contribution is 2.38. The maximum atomic E-state index is 13.1. The molecule has 7 heteroatoms. The standard InChI is InChI=1S/C19H19F2NO3S/c1-12-9-10-22(14-5-3-4-6-17(14)26-12)18(23)13-7-8-15(25-19(20)21)16(11-13)24-2/h3-8,11-12,19H,9-10H2,1-2H3/t12-/m0/s1. The highest BCUT2D eigenvalue weighted by molar-refractivity contribution is 8.00. The maximum Gasteiger partial charge on any atom is 0.387 e. The van der Waals surface area contributed by atoms with Gasteiger partial charge in [-0.15, -0.1) is 11.8 Å². The van der Waals surface area contributed by atoms with Crippen molar-refractivity contribution >= 4 is 23.4 Å². The predicted molar refractivity (Wildman–Crippen MR) is 97.7 cm³/mol. The lowest BCUT2D eigenvalue weighted by Gasteiger charge is -2.23. The molecule has 0 spiro atoms. The third kappa shape index (κ3) is 3.93. The average Bonchev–Trinajstić information content (AvgIpc) is 2.79. The summed E-state index contributed by atoms with van der Waals surface area (Å²) >= 11 is 1.74. The Morgan fingerprint density at radius 1 is 1.23 bits per heavy atom. The molecule has 1 aliphatic rings. The molecule has 2 aromatic rings. The molecule has 0 aromatic heterocycles. The van der Waals surface area contributed by atoms with Crippen molar-refractivity contribution in [3.8, 4) is 11.5 Å². The highest BCUT2D eigenvalue weighted by Gasteiger charge is 2.26. The molecule has 26 heavy (non-hydrogen) atoms. The van der Waals surface area contributed by atoms with Gasteiger partial charge in [-0.05, 0) is 36.8 Å². The second-order valence-electron chi connectivity index (χ2n) is 5.89. The van der Waals surface area contributed by atoms with Gasteiger partial charge in [0, 0.05) is 22.3 Å². The summed E-state index contributed by atoms with van der Waals surface area (Å²) in [4.78, 5) is 15.9. The summed E-state index contributed by atoms with van der Waals surface area (Å²) in [6.45, 7) is -0.238. The molecule has 1 atom stereocenters. The van der Waals surface area contributed by atoms with E-state index in [9.17, 15) is 13.6 Å². The monoisotopic (exact) mass is 379 g/mol. The molecule has 138 valence electrons. The summed E-state index contributed by atoms with van der Waals surface area (Å²) in [5, 5.41) is 0.394. The fourth-order valence-electron chi connectivity index (χ4n) is 2.85. The number of rotatable bonds is 4. The molecule has 1 aliphatic heterocycles. The first-order valence-corrected chi connectivity index (χ1v) is 9.08. The third-order valence-electron chi connectivity index (χ3n) is 4.12. The lowest BCUT2D eigenvalue weighted by Crippen LogP contribution is -2.32. The number of carbonyl (C=O) groups excluding carboxylic acids is 1. The van der Waals surface area contributed by atoms with Gasteiger partial charge in [0.2, 0.25) is 0 Å². The summed E-state index contributed by atoms with van der Waals surface area (Å²) in [6.07, 6.45) is 0.856. The molecule has 0 radical (unpaired) electrons. The Hall–Kier alpha value is -2.28. The second kappa shape index (κ2) is 7.95. The van der Waals surface area contributed by atoms with Gasteiger partial charge in [-0.1, -0.05) is 19.1 Å². The van der Waals surface area contributed by atoms with Crippen LogP contribution >= 0.6 is 11.8 Å². The number of methoxy groups -OCH3 is 1. The topological polar surface area (TPSA) is 38.8 Å². The van der Waals surface area contributed by atoms with Gasteiger partial charge in [-0.25, -0.2) is 0 Å². The van der Waals surface area contributed by atoms with Crippen LogP contribution in [-0.2, 0) is 0 Å². The van der Waals surface area contributed by atoms with E-state index < -0.39 is 6.61 Å². The minimum atomic E-state index is -2.96. The van der Waals surface area contributed by atoms with Crippen molar-refractivity contribution in [2.24, 2.45) is 0 Å². The molecule has 0 fully saturated rings. The number of amides is 1. The number of fused-ring (bicyclic) bond motifs is 1. The van der Waals surface area contributed by atoms with Gasteiger partial charge in [0.1, 0.15) is 0 Å². The Bertz CT molecular complexity index is 800. The molecular formula is C19H19F2NO3S. The van der Waals surface area contributed by atoms with Crippen molar-refractivity contribution in [3.05, 3.63) is 48.0 Å². The lowest BCUT2D eigenvalue weighted by molar-refractivity contribution is -0.0512. The van der Waals surface area contributed by atoms with E-state index >= 15 is 0 Å². The smallest absolute Gasteiger partial charge is 0.387 e. The zero-order valence-corrected chi connectivity index (χ0v) is 15.3. The van der Waals surface area contributed by atoms with Gasteiger partial charge in [-0.2, -0.15) is 8.78 Å². The molecule has 0 saturated carbocycles. The zero-order chi connectivity index (χ0) is 18.7. The van der Waals surface area contributed by atoms with E-state index in [1.807, 2.05) is 24.3 Å². The molecule has 0 unspecified atom stereocenters. The molecule has 3 rings (SSSR count). The van der Waals surface area contributed by atoms with Crippen LogP contribution < -0.4 is 14.4 Å². The number of hydrogen-bond donors (Lipinski definition) is 0. The molecule has 0 saturated heterocycles. The Labute approximate surface area is 155 Å². The van der Waals surface area contributed by atoms with E-state index in [-0.39, 0.29) is 17.4 Å². The quantitative estimate of drug-likeness (QED) is 0.763. The molecule has 1 amide bonds. The number of ether oxygens (including phenoxy) is 2. The lowest BCUT2D eigenvalue weighted by atomic mass is 10.1. The summed E-state index contributed by atoms with van der Waals surface area (Å²) in [5.74, 6) is -0.199. The largest absolute Gasteiger partial charge is 0.493 e. The predicted octanol–water partition coefficient (Wildman–Crippen LogP) is 4.83. The van der Waals surface area contributed by atoms with Gasteiger partial charge in [0.05, 0.1) is 12.8 Å². The van der Waals surface area contributed by atoms with Crippen LogP contribution in [0.25, 0.3) is 0 Å². The van der Waals surface area contributed by atoms with Crippen LogP contribution in [-0.4, -0.2) is 31.4 Å². The number of hydrogen-bond acceptors (Lipinski definition) is 4. The Balaban J connectivity index is 1.94. The van der Waals surface area contributed by atoms with E-state index in [0.717, 1.165) is 17.0 Å². The number of alkyl halides is 2. The Morgan fingerprint density at radius 2 is 2.00 bits per heavy atom. The molecule has 0 aliphatic carbocycles. The van der Waals surface area contributed by atoms with Gasteiger partial charge in [-0.3, -0.25) is 4.79 Å². The van der Waals surface area contributed by atoms with Gasteiger partial charge >= 0.3 is 6.61 Å². The van der Waals surface area contributed by atoms with E-state index in [1.165, 1.54) is 25.3 Å². The minimum Gasteiger partial charge on any atom is -0.493 e. The van der Waals surface area contributed by atoms with Gasteiger partial charge in [0.15, 0.2) is 11.5 Å². The van der Waals surface area contributed by atoms with Crippen LogP contribution in [0.2, 0.25) is 0 Å². The van der Waals surface area contributed by atoms with Gasteiger partial charge in [0.25, 0.3) is 5.91 Å². The normalized spacial score (nSPS) is 16.8. The number of carbonyl (C=O) groups is 1. The van der Waals surface area contributed by atoms with Crippen LogP contribution in [0.5, 0.6) is 11.5 Å². The van der Waals surface area contributed by atoms with E-state index in [0.29, 0.717) is 17.4 Å². The number of anilines is 1. The fraction of sp³-hybridized carbons (Fsp3) is 0.316. The first-order chi connectivity index (χ1) is 12.5. The maximum absolute atomic E-state index is 13.1. The first-order valence-electron chi connectivity index (χ1n) is 8.20. The molecule has 4 nitrogen and oxygen atoms in total. The number of para-hydroxylation sites is 1. The average molecular weight is 379 g/mol. The van der Waals surface area contributed by atoms with Crippen LogP contribution in [0.15, 0.2) is 47.4 Å². The molecular weight excluding hydrogens is 360 g/mol. The van der Waals surface area contributed by atoms with Crippen LogP contribution in [0.3, 0.4) is 0 Å². The SMILES string of the molecule is COc1cc(C(=O)N2CC[C@H](C)Sc3ccccc32)ccc1OC(F)F. The van der Waals surface area contributed by atoms with E-state index in [2.05, 4.69) is 11.7 Å². The summed E-state index contributed by atoms with van der Waals surface area (Å²) in [7, 11) is 1.35. The van der Waals surface area contributed by atoms with Crippen molar-refractivity contribution in [3.63, 3.8) is 0 Å². The number of benzene rings is 2. The third-order valence-corrected chi connectivity index (χ3v) is 5.35. The van der Waals surface area contributed by atoms with Gasteiger partial charge < -0.3 is 14.4 Å². The Kier molecular flexibility index (Phi) is 5.66.